The van der Waals surface area contributed by atoms with Gasteiger partial charge in [0.1, 0.15) is 9.88 Å². The van der Waals surface area contributed by atoms with Crippen molar-refractivity contribution in [3.8, 4) is 22.1 Å². The zero-order valence-corrected chi connectivity index (χ0v) is 17.5. The highest BCUT2D eigenvalue weighted by Crippen LogP contribution is 2.34. The summed E-state index contributed by atoms with van der Waals surface area (Å²) >= 11 is 7.26. The summed E-state index contributed by atoms with van der Waals surface area (Å²) in [7, 11) is 3.19. The molecule has 1 amide bonds. The van der Waals surface area contributed by atoms with Crippen LogP contribution in [-0.4, -0.2) is 31.7 Å². The fourth-order valence-corrected chi connectivity index (χ4v) is 3.86. The van der Waals surface area contributed by atoms with E-state index < -0.39 is 0 Å². The first-order chi connectivity index (χ1) is 13.5. The molecule has 7 heteroatoms. The maximum atomic E-state index is 12.6. The molecule has 1 aromatic heterocycles. The van der Waals surface area contributed by atoms with Gasteiger partial charge < -0.3 is 14.8 Å². The molecule has 5 nitrogen and oxygen atoms in total. The zero-order chi connectivity index (χ0) is 20.1. The average molecular weight is 417 g/mol. The van der Waals surface area contributed by atoms with E-state index >= 15 is 0 Å². The van der Waals surface area contributed by atoms with Crippen molar-refractivity contribution >= 4 is 28.8 Å². The molecule has 0 saturated heterocycles. The lowest BCUT2D eigenvalue weighted by Crippen LogP contribution is -2.25. The molecule has 0 bridgehead atoms. The molecule has 3 rings (SSSR count). The molecule has 1 N–H and O–H groups in total. The Kier molecular flexibility index (Phi) is 6.54. The van der Waals surface area contributed by atoms with Crippen LogP contribution in [0.3, 0.4) is 0 Å². The molecule has 2 aromatic carbocycles. The number of nitrogens with one attached hydrogen (secondary N) is 1. The van der Waals surface area contributed by atoms with E-state index in [9.17, 15) is 4.79 Å². The molecular weight excluding hydrogens is 396 g/mol. The summed E-state index contributed by atoms with van der Waals surface area (Å²) in [5, 5.41) is 4.43. The average Bonchev–Trinajstić information content (AvgIpc) is 3.10. The van der Waals surface area contributed by atoms with Crippen LogP contribution in [0.2, 0.25) is 5.02 Å². The number of hydrogen-bond donors (Lipinski definition) is 1. The van der Waals surface area contributed by atoms with Gasteiger partial charge in [-0.1, -0.05) is 23.7 Å². The lowest BCUT2D eigenvalue weighted by Gasteiger charge is -2.08. The van der Waals surface area contributed by atoms with Gasteiger partial charge in [-0.2, -0.15) is 0 Å². The summed E-state index contributed by atoms with van der Waals surface area (Å²) in [6.45, 7) is 2.39. The van der Waals surface area contributed by atoms with Crippen LogP contribution >= 0.6 is 22.9 Å². The molecule has 28 heavy (non-hydrogen) atoms. The van der Waals surface area contributed by atoms with Crippen LogP contribution in [0.4, 0.5) is 0 Å². The summed E-state index contributed by atoms with van der Waals surface area (Å²) in [6, 6.07) is 13.2. The van der Waals surface area contributed by atoms with Crippen LogP contribution in [0.15, 0.2) is 42.5 Å². The highest BCUT2D eigenvalue weighted by Gasteiger charge is 2.17. The third-order valence-electron chi connectivity index (χ3n) is 4.25. The molecule has 0 fully saturated rings. The summed E-state index contributed by atoms with van der Waals surface area (Å²) in [5.74, 6) is 1.16. The third kappa shape index (κ3) is 4.64. The van der Waals surface area contributed by atoms with E-state index in [-0.39, 0.29) is 5.91 Å². The fraction of sp³-hybridized carbons (Fsp3) is 0.238. The SMILES string of the molecule is COc1ccc(-c2nc(C)c(C(=O)NCCc3ccc(Cl)cc3)s2)cc1OC. The van der Waals surface area contributed by atoms with Crippen molar-refractivity contribution in [2.24, 2.45) is 0 Å². The topological polar surface area (TPSA) is 60.5 Å². The highest BCUT2D eigenvalue weighted by atomic mass is 35.5. The van der Waals surface area contributed by atoms with Crippen LogP contribution < -0.4 is 14.8 Å². The maximum Gasteiger partial charge on any atom is 0.263 e. The van der Waals surface area contributed by atoms with E-state index in [4.69, 9.17) is 21.1 Å². The number of benzene rings is 2. The standard InChI is InChI=1S/C21H21ClN2O3S/c1-13-19(20(25)23-11-10-14-4-7-16(22)8-5-14)28-21(24-13)15-6-9-17(26-2)18(12-15)27-3/h4-9,12H,10-11H2,1-3H3,(H,23,25). The molecule has 0 aliphatic rings. The van der Waals surface area contributed by atoms with E-state index in [0.717, 1.165) is 22.6 Å². The van der Waals surface area contributed by atoms with Crippen LogP contribution in [0.5, 0.6) is 11.5 Å². The molecule has 0 radical (unpaired) electrons. The quantitative estimate of drug-likeness (QED) is 0.603. The van der Waals surface area contributed by atoms with E-state index in [1.54, 1.807) is 14.2 Å². The summed E-state index contributed by atoms with van der Waals surface area (Å²) in [5.41, 5.74) is 2.71. The number of ether oxygens (including phenoxy) is 2. The number of halogens is 1. The van der Waals surface area contributed by atoms with Crippen molar-refractivity contribution in [3.63, 3.8) is 0 Å². The monoisotopic (exact) mass is 416 g/mol. The zero-order valence-electron chi connectivity index (χ0n) is 15.9. The summed E-state index contributed by atoms with van der Waals surface area (Å²) < 4.78 is 10.6. The van der Waals surface area contributed by atoms with E-state index in [1.807, 2.05) is 49.4 Å². The number of aryl methyl sites for hydroxylation is 1. The molecule has 146 valence electrons. The molecule has 0 saturated carbocycles. The van der Waals surface area contributed by atoms with Gasteiger partial charge in [-0.05, 0) is 49.2 Å². The van der Waals surface area contributed by atoms with Gasteiger partial charge >= 0.3 is 0 Å². The Morgan fingerprint density at radius 2 is 1.82 bits per heavy atom. The highest BCUT2D eigenvalue weighted by molar-refractivity contribution is 7.17. The van der Waals surface area contributed by atoms with Gasteiger partial charge in [0.05, 0.1) is 19.9 Å². The Morgan fingerprint density at radius 1 is 1.11 bits per heavy atom. The van der Waals surface area contributed by atoms with Gasteiger partial charge in [0, 0.05) is 17.1 Å². The normalized spacial score (nSPS) is 10.6. The Labute approximate surface area is 173 Å². The van der Waals surface area contributed by atoms with Crippen molar-refractivity contribution < 1.29 is 14.3 Å². The van der Waals surface area contributed by atoms with Crippen molar-refractivity contribution in [1.82, 2.24) is 10.3 Å². The Bertz CT molecular complexity index is 970. The van der Waals surface area contributed by atoms with Crippen molar-refractivity contribution in [3.05, 3.63) is 63.6 Å². The van der Waals surface area contributed by atoms with Crippen LogP contribution in [-0.2, 0) is 6.42 Å². The molecule has 0 spiro atoms. The molecule has 0 unspecified atom stereocenters. The summed E-state index contributed by atoms with van der Waals surface area (Å²) in [6.07, 6.45) is 0.739. The van der Waals surface area contributed by atoms with Crippen LogP contribution in [0.1, 0.15) is 20.9 Å². The van der Waals surface area contributed by atoms with Gasteiger partial charge in [0.15, 0.2) is 11.5 Å². The predicted octanol–water partition coefficient (Wildman–Crippen LogP) is 4.76. The number of rotatable bonds is 7. The minimum Gasteiger partial charge on any atom is -0.493 e. The van der Waals surface area contributed by atoms with Gasteiger partial charge in [-0.25, -0.2) is 4.98 Å². The fourth-order valence-electron chi connectivity index (χ4n) is 2.75. The largest absolute Gasteiger partial charge is 0.493 e. The molecule has 0 aliphatic carbocycles. The van der Waals surface area contributed by atoms with Crippen LogP contribution in [0, 0.1) is 6.92 Å². The van der Waals surface area contributed by atoms with E-state index in [1.165, 1.54) is 11.3 Å². The number of hydrogen-bond acceptors (Lipinski definition) is 5. The Balaban J connectivity index is 1.69. The van der Waals surface area contributed by atoms with Gasteiger partial charge in [-0.15, -0.1) is 11.3 Å². The lowest BCUT2D eigenvalue weighted by atomic mass is 10.1. The first kappa shape index (κ1) is 20.2. The Morgan fingerprint density at radius 3 is 2.50 bits per heavy atom. The minimum absolute atomic E-state index is 0.115. The first-order valence-corrected chi connectivity index (χ1v) is 9.93. The van der Waals surface area contributed by atoms with Crippen LogP contribution in [0.25, 0.3) is 10.6 Å². The van der Waals surface area contributed by atoms with E-state index in [2.05, 4.69) is 10.3 Å². The van der Waals surface area contributed by atoms with Crippen molar-refractivity contribution in [2.75, 3.05) is 20.8 Å². The second-order valence-corrected chi connectivity index (χ2v) is 7.57. The second-order valence-electron chi connectivity index (χ2n) is 6.14. The number of nitrogens with zero attached hydrogens (tertiary/aromatic N) is 1. The number of aromatic nitrogens is 1. The maximum absolute atomic E-state index is 12.6. The smallest absolute Gasteiger partial charge is 0.263 e. The van der Waals surface area contributed by atoms with Gasteiger partial charge in [-0.3, -0.25) is 4.79 Å². The first-order valence-electron chi connectivity index (χ1n) is 8.74. The van der Waals surface area contributed by atoms with Gasteiger partial charge in [0.2, 0.25) is 0 Å². The molecule has 0 atom stereocenters. The molecule has 1 heterocycles. The number of amides is 1. The number of carbonyl (C=O) groups excluding carboxylic acids is 1. The lowest BCUT2D eigenvalue weighted by molar-refractivity contribution is 0.0957. The molecule has 3 aromatic rings. The third-order valence-corrected chi connectivity index (χ3v) is 5.70. The van der Waals surface area contributed by atoms with E-state index in [0.29, 0.717) is 33.6 Å². The van der Waals surface area contributed by atoms with Gasteiger partial charge in [0.25, 0.3) is 5.91 Å². The van der Waals surface area contributed by atoms with Crippen molar-refractivity contribution in [2.45, 2.75) is 13.3 Å². The minimum atomic E-state index is -0.115. The Hall–Kier alpha value is -2.57. The number of methoxy groups -OCH3 is 2. The second kappa shape index (κ2) is 9.08. The number of thiazole rings is 1. The summed E-state index contributed by atoms with van der Waals surface area (Å²) in [4.78, 5) is 17.7. The number of carbonyl (C=O) groups is 1. The van der Waals surface area contributed by atoms with Crippen molar-refractivity contribution in [1.29, 1.82) is 0 Å². The molecular formula is C21H21ClN2O3S. The predicted molar refractivity (Wildman–Crippen MR) is 113 cm³/mol. The molecule has 0 aliphatic heterocycles.